The van der Waals surface area contributed by atoms with Crippen molar-refractivity contribution in [1.82, 2.24) is 9.47 Å². The molecule has 152 valence electrons. The number of methoxy groups -OCH3 is 1. The van der Waals surface area contributed by atoms with E-state index >= 15 is 0 Å². The van der Waals surface area contributed by atoms with Gasteiger partial charge in [-0.3, -0.25) is 4.90 Å². The number of para-hydroxylation sites is 1. The van der Waals surface area contributed by atoms with E-state index in [2.05, 4.69) is 27.0 Å². The van der Waals surface area contributed by atoms with Crippen molar-refractivity contribution in [3.63, 3.8) is 0 Å². The molecule has 1 fully saturated rings. The summed E-state index contributed by atoms with van der Waals surface area (Å²) in [6.45, 7) is 5.74. The van der Waals surface area contributed by atoms with Gasteiger partial charge in [-0.1, -0.05) is 30.3 Å². The van der Waals surface area contributed by atoms with Crippen LogP contribution >= 0.6 is 11.3 Å². The number of ether oxygens (including phenoxy) is 2. The van der Waals surface area contributed by atoms with Crippen molar-refractivity contribution in [2.24, 2.45) is 4.99 Å². The molecule has 1 aromatic heterocycles. The standard InChI is InChI=1S/C23H27N3O2S/c1-27-21-10-5-7-19(17-21)22-18-29-23(24-20-8-3-2-4-9-20)26(22)12-6-11-25-13-15-28-16-14-25/h2-5,7-10,17-18H,6,11-16H2,1H3. The second kappa shape index (κ2) is 9.87. The molecule has 2 heterocycles. The predicted molar refractivity (Wildman–Crippen MR) is 118 cm³/mol. The Morgan fingerprint density at radius 3 is 2.66 bits per heavy atom. The van der Waals surface area contributed by atoms with Gasteiger partial charge in [0.1, 0.15) is 5.75 Å². The maximum atomic E-state index is 5.46. The molecule has 0 N–H and O–H groups in total. The molecule has 1 aliphatic rings. The Labute approximate surface area is 175 Å². The van der Waals surface area contributed by atoms with Crippen molar-refractivity contribution in [2.45, 2.75) is 13.0 Å². The average Bonchev–Trinajstić information content (AvgIpc) is 3.17. The molecule has 6 heteroatoms. The van der Waals surface area contributed by atoms with Crippen molar-refractivity contribution in [2.75, 3.05) is 40.0 Å². The third-order valence-corrected chi connectivity index (χ3v) is 5.97. The van der Waals surface area contributed by atoms with Crippen molar-refractivity contribution in [3.8, 4) is 17.0 Å². The van der Waals surface area contributed by atoms with E-state index in [9.17, 15) is 0 Å². The largest absolute Gasteiger partial charge is 0.497 e. The second-order valence-corrected chi connectivity index (χ2v) is 7.88. The van der Waals surface area contributed by atoms with Gasteiger partial charge < -0.3 is 14.0 Å². The van der Waals surface area contributed by atoms with Crippen LogP contribution in [0.25, 0.3) is 11.3 Å². The number of hydrogen-bond acceptors (Lipinski definition) is 5. The van der Waals surface area contributed by atoms with Gasteiger partial charge in [-0.2, -0.15) is 0 Å². The highest BCUT2D eigenvalue weighted by molar-refractivity contribution is 7.07. The molecule has 1 aliphatic heterocycles. The lowest BCUT2D eigenvalue weighted by Gasteiger charge is -2.26. The van der Waals surface area contributed by atoms with Crippen LogP contribution in [0.3, 0.4) is 0 Å². The summed E-state index contributed by atoms with van der Waals surface area (Å²) in [6, 6.07) is 18.4. The third kappa shape index (κ3) is 5.15. The maximum Gasteiger partial charge on any atom is 0.190 e. The number of thiazole rings is 1. The number of rotatable bonds is 7. The summed E-state index contributed by atoms with van der Waals surface area (Å²) >= 11 is 1.69. The van der Waals surface area contributed by atoms with Gasteiger partial charge >= 0.3 is 0 Å². The van der Waals surface area contributed by atoms with Crippen LogP contribution < -0.4 is 9.54 Å². The predicted octanol–water partition coefficient (Wildman–Crippen LogP) is 4.18. The average molecular weight is 410 g/mol. The van der Waals surface area contributed by atoms with E-state index in [1.54, 1.807) is 18.4 Å². The topological polar surface area (TPSA) is 39.0 Å². The lowest BCUT2D eigenvalue weighted by Crippen LogP contribution is -2.37. The monoisotopic (exact) mass is 409 g/mol. The van der Waals surface area contributed by atoms with Gasteiger partial charge in [-0.25, -0.2) is 4.99 Å². The highest BCUT2D eigenvalue weighted by atomic mass is 32.1. The summed E-state index contributed by atoms with van der Waals surface area (Å²) < 4.78 is 13.2. The first-order valence-corrected chi connectivity index (χ1v) is 10.9. The van der Waals surface area contributed by atoms with Gasteiger partial charge in [-0.15, -0.1) is 11.3 Å². The minimum atomic E-state index is 0.843. The Hall–Kier alpha value is -2.41. The summed E-state index contributed by atoms with van der Waals surface area (Å²) in [5, 5.41) is 2.20. The van der Waals surface area contributed by atoms with Crippen molar-refractivity contribution in [1.29, 1.82) is 0 Å². The summed E-state index contributed by atoms with van der Waals surface area (Å²) in [6.07, 6.45) is 1.08. The van der Waals surface area contributed by atoms with Crippen LogP contribution in [0.1, 0.15) is 6.42 Å². The van der Waals surface area contributed by atoms with Crippen molar-refractivity contribution >= 4 is 17.0 Å². The molecule has 1 saturated heterocycles. The second-order valence-electron chi connectivity index (χ2n) is 7.04. The molecule has 0 spiro atoms. The van der Waals surface area contributed by atoms with Gasteiger partial charge in [0.25, 0.3) is 0 Å². The zero-order chi connectivity index (χ0) is 19.9. The molecule has 4 rings (SSSR count). The Morgan fingerprint density at radius 1 is 1.03 bits per heavy atom. The van der Waals surface area contributed by atoms with Crippen molar-refractivity contribution < 1.29 is 9.47 Å². The van der Waals surface area contributed by atoms with Gasteiger partial charge in [0.15, 0.2) is 4.80 Å². The summed E-state index contributed by atoms with van der Waals surface area (Å²) in [4.78, 5) is 8.42. The van der Waals surface area contributed by atoms with E-state index in [4.69, 9.17) is 14.5 Å². The minimum absolute atomic E-state index is 0.843. The zero-order valence-corrected chi connectivity index (χ0v) is 17.6. The molecular formula is C23H27N3O2S. The van der Waals surface area contributed by atoms with Crippen LogP contribution in [0.15, 0.2) is 65.0 Å². The molecular weight excluding hydrogens is 382 g/mol. The first-order chi connectivity index (χ1) is 14.3. The van der Waals surface area contributed by atoms with E-state index in [-0.39, 0.29) is 0 Å². The van der Waals surface area contributed by atoms with Gasteiger partial charge in [0.05, 0.1) is 31.7 Å². The van der Waals surface area contributed by atoms with E-state index < -0.39 is 0 Å². The number of nitrogens with zero attached hydrogens (tertiary/aromatic N) is 3. The first kappa shape index (κ1) is 19.9. The number of morpholine rings is 1. The molecule has 0 bridgehead atoms. The number of benzene rings is 2. The Morgan fingerprint density at radius 2 is 1.86 bits per heavy atom. The highest BCUT2D eigenvalue weighted by Gasteiger charge is 2.12. The number of hydrogen-bond donors (Lipinski definition) is 0. The zero-order valence-electron chi connectivity index (χ0n) is 16.8. The minimum Gasteiger partial charge on any atom is -0.497 e. The summed E-state index contributed by atoms with van der Waals surface area (Å²) in [5.41, 5.74) is 3.32. The smallest absolute Gasteiger partial charge is 0.190 e. The van der Waals surface area contributed by atoms with Crippen LogP contribution in [-0.2, 0) is 11.3 Å². The van der Waals surface area contributed by atoms with Crippen LogP contribution in [-0.4, -0.2) is 49.4 Å². The Balaban J connectivity index is 1.62. The summed E-state index contributed by atoms with van der Waals surface area (Å²) in [7, 11) is 1.71. The Kier molecular flexibility index (Phi) is 6.77. The summed E-state index contributed by atoms with van der Waals surface area (Å²) in [5.74, 6) is 0.870. The SMILES string of the molecule is COc1cccc(-c2csc(=Nc3ccccc3)n2CCCN2CCOCC2)c1. The van der Waals surface area contributed by atoms with E-state index in [1.807, 2.05) is 42.5 Å². The lowest BCUT2D eigenvalue weighted by atomic mass is 10.1. The maximum absolute atomic E-state index is 5.46. The molecule has 0 aliphatic carbocycles. The quantitative estimate of drug-likeness (QED) is 0.588. The van der Waals surface area contributed by atoms with Crippen molar-refractivity contribution in [3.05, 3.63) is 64.8 Å². The molecule has 0 amide bonds. The molecule has 3 aromatic rings. The number of aromatic nitrogens is 1. The van der Waals surface area contributed by atoms with Gasteiger partial charge in [0.2, 0.25) is 0 Å². The van der Waals surface area contributed by atoms with Gasteiger partial charge in [0, 0.05) is 37.1 Å². The van der Waals surface area contributed by atoms with Crippen LogP contribution in [0, 0.1) is 0 Å². The van der Waals surface area contributed by atoms with Crippen LogP contribution in [0.4, 0.5) is 5.69 Å². The Bertz CT molecular complexity index is 975. The lowest BCUT2D eigenvalue weighted by molar-refractivity contribution is 0.0369. The highest BCUT2D eigenvalue weighted by Crippen LogP contribution is 2.25. The fourth-order valence-corrected chi connectivity index (χ4v) is 4.49. The first-order valence-electron chi connectivity index (χ1n) is 10.1. The molecule has 2 aromatic carbocycles. The normalized spacial score (nSPS) is 15.6. The molecule has 5 nitrogen and oxygen atoms in total. The fraction of sp³-hybridized carbons (Fsp3) is 0.348. The van der Waals surface area contributed by atoms with E-state index in [0.717, 1.165) is 67.6 Å². The van der Waals surface area contributed by atoms with Gasteiger partial charge in [-0.05, 0) is 30.7 Å². The molecule has 0 saturated carbocycles. The van der Waals surface area contributed by atoms with E-state index in [1.165, 1.54) is 5.69 Å². The molecule has 0 radical (unpaired) electrons. The van der Waals surface area contributed by atoms with E-state index in [0.29, 0.717) is 0 Å². The molecule has 0 atom stereocenters. The van der Waals surface area contributed by atoms with Crippen LogP contribution in [0.5, 0.6) is 5.75 Å². The molecule has 29 heavy (non-hydrogen) atoms. The molecule has 0 unspecified atom stereocenters. The fourth-order valence-electron chi connectivity index (χ4n) is 3.54. The van der Waals surface area contributed by atoms with Crippen LogP contribution in [0.2, 0.25) is 0 Å². The third-order valence-electron chi connectivity index (χ3n) is 5.10.